The van der Waals surface area contributed by atoms with Gasteiger partial charge in [-0.1, -0.05) is 36.9 Å². The molecule has 0 saturated carbocycles. The third-order valence-electron chi connectivity index (χ3n) is 6.39. The smallest absolute Gasteiger partial charge is 0.247 e. The van der Waals surface area contributed by atoms with Gasteiger partial charge in [0.25, 0.3) is 0 Å². The van der Waals surface area contributed by atoms with Gasteiger partial charge in [0.05, 0.1) is 29.9 Å². The molecule has 2 aromatic heterocycles. The van der Waals surface area contributed by atoms with Crippen LogP contribution in [0.25, 0.3) is 17.1 Å². The summed E-state index contributed by atoms with van der Waals surface area (Å²) in [6, 6.07) is 17.5. The predicted octanol–water partition coefficient (Wildman–Crippen LogP) is 3.96. The zero-order valence-corrected chi connectivity index (χ0v) is 21.5. The minimum absolute atomic E-state index is 0.289. The molecule has 194 valence electrons. The van der Waals surface area contributed by atoms with Crippen molar-refractivity contribution < 1.29 is 9.53 Å². The second kappa shape index (κ2) is 11.1. The van der Waals surface area contributed by atoms with Gasteiger partial charge in [-0.25, -0.2) is 9.67 Å². The number of ether oxygens (including phenoxy) is 1. The highest BCUT2D eigenvalue weighted by Gasteiger charge is 2.21. The van der Waals surface area contributed by atoms with Gasteiger partial charge in [-0.15, -0.1) is 0 Å². The van der Waals surface area contributed by atoms with Crippen molar-refractivity contribution >= 4 is 28.9 Å². The molecule has 0 aliphatic carbocycles. The van der Waals surface area contributed by atoms with E-state index in [4.69, 9.17) is 4.74 Å². The van der Waals surface area contributed by atoms with Crippen LogP contribution in [0.4, 0.5) is 23.0 Å². The van der Waals surface area contributed by atoms with Gasteiger partial charge < -0.3 is 25.2 Å². The number of methoxy groups -OCH3 is 1. The topological polar surface area (TPSA) is 100 Å². The molecule has 5 rings (SSSR count). The van der Waals surface area contributed by atoms with E-state index in [1.165, 1.54) is 6.08 Å². The molecular formula is C28H30N8O2. The molecule has 0 radical (unpaired) electrons. The number of rotatable bonds is 8. The Labute approximate surface area is 221 Å². The third-order valence-corrected chi connectivity index (χ3v) is 6.39. The van der Waals surface area contributed by atoms with Crippen molar-refractivity contribution in [3.63, 3.8) is 0 Å². The lowest BCUT2D eigenvalue weighted by Gasteiger charge is -2.35. The van der Waals surface area contributed by atoms with Gasteiger partial charge in [0.2, 0.25) is 11.9 Å². The first kappa shape index (κ1) is 25.0. The van der Waals surface area contributed by atoms with Crippen LogP contribution in [0.2, 0.25) is 0 Å². The second-order valence-electron chi connectivity index (χ2n) is 8.93. The normalized spacial score (nSPS) is 13.7. The first-order valence-corrected chi connectivity index (χ1v) is 12.3. The number of nitrogens with one attached hydrogen (secondary N) is 2. The van der Waals surface area contributed by atoms with Gasteiger partial charge >= 0.3 is 0 Å². The molecular weight excluding hydrogens is 480 g/mol. The van der Waals surface area contributed by atoms with E-state index in [0.717, 1.165) is 43.1 Å². The molecule has 1 saturated heterocycles. The second-order valence-corrected chi connectivity index (χ2v) is 8.93. The predicted molar refractivity (Wildman–Crippen MR) is 149 cm³/mol. The standard InChI is InChI=1S/C28H30N8O2/c1-4-27(37)30-22-18-23(25(38-3)19-24(22)35-16-14-34(2)15-17-35)31-28-29-12-10-26(32-28)36-13-11-21(33-36)20-8-6-5-7-9-20/h4-13,18-19H,1,14-17H2,2-3H3,(H,30,37)(H,29,31,32). The van der Waals surface area contributed by atoms with Gasteiger partial charge in [0.1, 0.15) is 5.75 Å². The summed E-state index contributed by atoms with van der Waals surface area (Å²) in [5.41, 5.74) is 4.03. The third kappa shape index (κ3) is 5.50. The molecule has 1 amide bonds. The van der Waals surface area contributed by atoms with Crippen LogP contribution in [0.5, 0.6) is 5.75 Å². The quantitative estimate of drug-likeness (QED) is 0.344. The van der Waals surface area contributed by atoms with Gasteiger partial charge in [-0.3, -0.25) is 4.79 Å². The lowest BCUT2D eigenvalue weighted by Crippen LogP contribution is -2.44. The summed E-state index contributed by atoms with van der Waals surface area (Å²) in [6.07, 6.45) is 4.79. The number of nitrogens with zero attached hydrogens (tertiary/aromatic N) is 6. The Morgan fingerprint density at radius 1 is 1.05 bits per heavy atom. The first-order chi connectivity index (χ1) is 18.5. The number of benzene rings is 2. The van der Waals surface area contributed by atoms with E-state index in [1.54, 1.807) is 24.1 Å². The number of amides is 1. The molecule has 2 aromatic carbocycles. The van der Waals surface area contributed by atoms with Crippen LogP contribution in [0, 0.1) is 0 Å². The number of piperazine rings is 1. The highest BCUT2D eigenvalue weighted by Crippen LogP contribution is 2.38. The Kier molecular flexibility index (Phi) is 7.32. The van der Waals surface area contributed by atoms with Gasteiger partial charge in [-0.05, 0) is 25.3 Å². The Bertz CT molecular complexity index is 1430. The van der Waals surface area contributed by atoms with Crippen molar-refractivity contribution in [1.82, 2.24) is 24.6 Å². The molecule has 0 spiro atoms. The van der Waals surface area contributed by atoms with E-state index >= 15 is 0 Å². The van der Waals surface area contributed by atoms with Crippen LogP contribution < -0.4 is 20.3 Å². The van der Waals surface area contributed by atoms with Crippen LogP contribution >= 0.6 is 0 Å². The fourth-order valence-corrected chi connectivity index (χ4v) is 4.30. The molecule has 38 heavy (non-hydrogen) atoms. The highest BCUT2D eigenvalue weighted by molar-refractivity contribution is 6.02. The fourth-order valence-electron chi connectivity index (χ4n) is 4.30. The Balaban J connectivity index is 1.44. The number of carbonyl (C=O) groups excluding carboxylic acids is 1. The molecule has 3 heterocycles. The van der Waals surface area contributed by atoms with E-state index in [1.807, 2.05) is 54.7 Å². The summed E-state index contributed by atoms with van der Waals surface area (Å²) >= 11 is 0. The number of likely N-dealkylation sites (N-methyl/N-ethyl adjacent to an activating group) is 1. The summed E-state index contributed by atoms with van der Waals surface area (Å²) in [6.45, 7) is 7.12. The van der Waals surface area contributed by atoms with Crippen LogP contribution in [0.3, 0.4) is 0 Å². The van der Waals surface area contributed by atoms with E-state index in [9.17, 15) is 4.79 Å². The van der Waals surface area contributed by atoms with Gasteiger partial charge in [0, 0.05) is 56.3 Å². The van der Waals surface area contributed by atoms with Gasteiger partial charge in [0.15, 0.2) is 5.82 Å². The average molecular weight is 511 g/mol. The average Bonchev–Trinajstić information content (AvgIpc) is 3.45. The number of hydrogen-bond donors (Lipinski definition) is 2. The summed E-state index contributed by atoms with van der Waals surface area (Å²) in [5, 5.41) is 10.9. The molecule has 4 aromatic rings. The number of hydrogen-bond acceptors (Lipinski definition) is 8. The van der Waals surface area contributed by atoms with Crippen LogP contribution in [-0.2, 0) is 4.79 Å². The van der Waals surface area contributed by atoms with E-state index in [0.29, 0.717) is 28.9 Å². The molecule has 1 aliphatic heterocycles. The summed E-state index contributed by atoms with van der Waals surface area (Å²) < 4.78 is 7.43. The highest BCUT2D eigenvalue weighted by atomic mass is 16.5. The van der Waals surface area contributed by atoms with Crippen LogP contribution in [0.1, 0.15) is 0 Å². The zero-order valence-electron chi connectivity index (χ0n) is 21.5. The van der Waals surface area contributed by atoms with Crippen molar-refractivity contribution in [2.75, 3.05) is 55.9 Å². The van der Waals surface area contributed by atoms with Crippen molar-refractivity contribution in [3.8, 4) is 22.8 Å². The minimum Gasteiger partial charge on any atom is -0.494 e. The van der Waals surface area contributed by atoms with Crippen molar-refractivity contribution in [2.24, 2.45) is 0 Å². The van der Waals surface area contributed by atoms with Gasteiger partial charge in [-0.2, -0.15) is 10.1 Å². The van der Waals surface area contributed by atoms with E-state index in [-0.39, 0.29) is 5.91 Å². The number of anilines is 4. The summed E-state index contributed by atoms with van der Waals surface area (Å²) in [4.78, 5) is 25.8. The summed E-state index contributed by atoms with van der Waals surface area (Å²) in [7, 11) is 3.72. The zero-order chi connectivity index (χ0) is 26.5. The lowest BCUT2D eigenvalue weighted by molar-refractivity contribution is -0.111. The lowest BCUT2D eigenvalue weighted by atomic mass is 10.1. The molecule has 0 unspecified atom stereocenters. The first-order valence-electron chi connectivity index (χ1n) is 12.3. The SMILES string of the molecule is C=CC(=O)Nc1cc(Nc2nccc(-n3ccc(-c4ccccc4)n3)n2)c(OC)cc1N1CCN(C)CC1. The van der Waals surface area contributed by atoms with E-state index in [2.05, 4.69) is 49.1 Å². The Morgan fingerprint density at radius 3 is 2.58 bits per heavy atom. The Morgan fingerprint density at radius 2 is 1.84 bits per heavy atom. The largest absolute Gasteiger partial charge is 0.494 e. The Hall–Kier alpha value is -4.70. The monoisotopic (exact) mass is 510 g/mol. The van der Waals surface area contributed by atoms with Crippen LogP contribution in [-0.4, -0.2) is 70.9 Å². The van der Waals surface area contributed by atoms with Crippen molar-refractivity contribution in [2.45, 2.75) is 0 Å². The maximum Gasteiger partial charge on any atom is 0.247 e. The number of aromatic nitrogens is 4. The van der Waals surface area contributed by atoms with Crippen molar-refractivity contribution in [3.05, 3.63) is 79.6 Å². The van der Waals surface area contributed by atoms with E-state index < -0.39 is 0 Å². The molecule has 1 fully saturated rings. The van der Waals surface area contributed by atoms with Crippen LogP contribution in [0.15, 0.2) is 79.6 Å². The maximum atomic E-state index is 12.3. The molecule has 10 heteroatoms. The fraction of sp³-hybridized carbons (Fsp3) is 0.214. The summed E-state index contributed by atoms with van der Waals surface area (Å²) in [5.74, 6) is 1.29. The molecule has 2 N–H and O–H groups in total. The number of carbonyl (C=O) groups is 1. The molecule has 0 atom stereocenters. The molecule has 1 aliphatic rings. The molecule has 0 bridgehead atoms. The molecule has 10 nitrogen and oxygen atoms in total. The minimum atomic E-state index is -0.289. The maximum absolute atomic E-state index is 12.3. The van der Waals surface area contributed by atoms with Crippen molar-refractivity contribution in [1.29, 1.82) is 0 Å².